The van der Waals surface area contributed by atoms with Crippen molar-refractivity contribution in [3.05, 3.63) is 83.2 Å². The molecule has 0 amide bonds. The predicted molar refractivity (Wildman–Crippen MR) is 78.3 cm³/mol. The zero-order valence-corrected chi connectivity index (χ0v) is 10.4. The van der Waals surface area contributed by atoms with Gasteiger partial charge in [-0.1, -0.05) is 42.5 Å². The second-order valence-corrected chi connectivity index (χ2v) is 4.40. The molecule has 0 radical (unpaired) electrons. The van der Waals surface area contributed by atoms with Crippen molar-refractivity contribution in [3.8, 4) is 0 Å². The topological polar surface area (TPSA) is 26.9 Å². The summed E-state index contributed by atoms with van der Waals surface area (Å²) in [5.41, 5.74) is 2.94. The molecular weight excluding hydrogens is 234 g/mol. The molecule has 0 fully saturated rings. The molecule has 2 aromatic carbocycles. The lowest BCUT2D eigenvalue weighted by atomic mass is 10.1. The lowest BCUT2D eigenvalue weighted by Gasteiger charge is -2.01. The summed E-state index contributed by atoms with van der Waals surface area (Å²) in [6.07, 6.45) is 5.63. The third kappa shape index (κ3) is 2.47. The van der Waals surface area contributed by atoms with Gasteiger partial charge in [-0.05, 0) is 29.3 Å². The molecule has 0 atom stereocenters. The fourth-order valence-electron chi connectivity index (χ4n) is 2.07. The van der Waals surface area contributed by atoms with E-state index < -0.39 is 0 Å². The van der Waals surface area contributed by atoms with Crippen molar-refractivity contribution in [2.75, 3.05) is 0 Å². The summed E-state index contributed by atoms with van der Waals surface area (Å²) < 4.78 is 0.889. The Hall–Kier alpha value is -2.61. The summed E-state index contributed by atoms with van der Waals surface area (Å²) in [5.74, 6) is 0. The van der Waals surface area contributed by atoms with Crippen LogP contribution in [0.1, 0.15) is 11.1 Å². The molecule has 0 spiro atoms. The standard InChI is InChI=1S/C17H13NO/c19-18-12-4-7-16-13-15(10-11-17(16)18)9-8-14-5-2-1-3-6-14/h1-13H/b9-8+. The molecule has 0 saturated heterocycles. The number of fused-ring (bicyclic) bond motifs is 1. The van der Waals surface area contributed by atoms with Crippen LogP contribution in [0.5, 0.6) is 0 Å². The fraction of sp³-hybridized carbons (Fsp3) is 0. The van der Waals surface area contributed by atoms with Crippen molar-refractivity contribution < 1.29 is 4.73 Å². The van der Waals surface area contributed by atoms with Gasteiger partial charge in [-0.25, -0.2) is 0 Å². The highest BCUT2D eigenvalue weighted by atomic mass is 16.5. The minimum atomic E-state index is 0.694. The number of nitrogens with zero attached hydrogens (tertiary/aromatic N) is 1. The summed E-state index contributed by atoms with van der Waals surface area (Å²) in [6.45, 7) is 0. The van der Waals surface area contributed by atoms with Gasteiger partial charge in [0.15, 0.2) is 6.20 Å². The van der Waals surface area contributed by atoms with Crippen LogP contribution in [0.3, 0.4) is 0 Å². The molecule has 3 rings (SSSR count). The average molecular weight is 247 g/mol. The van der Waals surface area contributed by atoms with Crippen molar-refractivity contribution in [2.45, 2.75) is 0 Å². The van der Waals surface area contributed by atoms with Gasteiger partial charge in [0.25, 0.3) is 0 Å². The van der Waals surface area contributed by atoms with Crippen LogP contribution in [0, 0.1) is 5.21 Å². The van der Waals surface area contributed by atoms with Gasteiger partial charge < -0.3 is 5.21 Å². The number of pyridine rings is 1. The number of hydrogen-bond donors (Lipinski definition) is 0. The predicted octanol–water partition coefficient (Wildman–Crippen LogP) is 3.64. The Kier molecular flexibility index (Phi) is 2.99. The molecule has 0 bridgehead atoms. The normalized spacial score (nSPS) is 11.2. The largest absolute Gasteiger partial charge is 0.618 e. The van der Waals surface area contributed by atoms with Crippen molar-refractivity contribution in [1.29, 1.82) is 0 Å². The molecular formula is C17H13NO. The first-order valence-corrected chi connectivity index (χ1v) is 6.18. The Morgan fingerprint density at radius 3 is 2.42 bits per heavy atom. The van der Waals surface area contributed by atoms with Crippen LogP contribution < -0.4 is 4.73 Å². The van der Waals surface area contributed by atoms with Crippen molar-refractivity contribution >= 4 is 23.1 Å². The van der Waals surface area contributed by atoms with Crippen LogP contribution >= 0.6 is 0 Å². The summed E-state index contributed by atoms with van der Waals surface area (Å²) in [6, 6.07) is 19.7. The molecule has 2 nitrogen and oxygen atoms in total. The maximum Gasteiger partial charge on any atom is 0.223 e. The molecule has 19 heavy (non-hydrogen) atoms. The van der Waals surface area contributed by atoms with Gasteiger partial charge in [0.1, 0.15) is 0 Å². The van der Waals surface area contributed by atoms with Gasteiger partial charge in [-0.3, -0.25) is 0 Å². The highest BCUT2D eigenvalue weighted by Crippen LogP contribution is 2.14. The zero-order chi connectivity index (χ0) is 13.1. The first-order valence-electron chi connectivity index (χ1n) is 6.18. The van der Waals surface area contributed by atoms with E-state index in [2.05, 4.69) is 24.3 Å². The van der Waals surface area contributed by atoms with Gasteiger partial charge in [0.2, 0.25) is 5.52 Å². The minimum absolute atomic E-state index is 0.694. The number of rotatable bonds is 2. The van der Waals surface area contributed by atoms with Crippen LogP contribution in [0.2, 0.25) is 0 Å². The Bertz CT molecular complexity index is 733. The van der Waals surface area contributed by atoms with Crippen LogP contribution in [0.4, 0.5) is 0 Å². The summed E-state index contributed by atoms with van der Waals surface area (Å²) in [5, 5.41) is 12.5. The second-order valence-electron chi connectivity index (χ2n) is 4.40. The SMILES string of the molecule is [O-][n+]1cccc2cc(/C=C/c3ccccc3)ccc21. The molecule has 0 aliphatic heterocycles. The molecule has 1 aromatic heterocycles. The molecule has 2 heteroatoms. The lowest BCUT2D eigenvalue weighted by Crippen LogP contribution is -2.25. The molecule has 0 unspecified atom stereocenters. The molecule has 92 valence electrons. The van der Waals surface area contributed by atoms with E-state index in [1.165, 1.54) is 6.20 Å². The molecule has 1 heterocycles. The molecule has 0 aliphatic rings. The summed E-state index contributed by atoms with van der Waals surface area (Å²) >= 11 is 0. The monoisotopic (exact) mass is 247 g/mol. The van der Waals surface area contributed by atoms with Gasteiger partial charge in [-0.2, -0.15) is 4.73 Å². The number of aromatic nitrogens is 1. The first kappa shape index (κ1) is 11.5. The maximum absolute atomic E-state index is 11.6. The van der Waals surface area contributed by atoms with E-state index in [4.69, 9.17) is 0 Å². The van der Waals surface area contributed by atoms with Crippen LogP contribution in [0.25, 0.3) is 23.1 Å². The third-order valence-electron chi connectivity index (χ3n) is 3.05. The van der Waals surface area contributed by atoms with Gasteiger partial charge >= 0.3 is 0 Å². The van der Waals surface area contributed by atoms with E-state index in [1.54, 1.807) is 6.07 Å². The molecule has 3 aromatic rings. The quantitative estimate of drug-likeness (QED) is 0.386. The van der Waals surface area contributed by atoms with Gasteiger partial charge in [0, 0.05) is 17.5 Å². The van der Waals surface area contributed by atoms with E-state index in [0.717, 1.165) is 21.2 Å². The van der Waals surface area contributed by atoms with E-state index >= 15 is 0 Å². The Morgan fingerprint density at radius 2 is 1.58 bits per heavy atom. The van der Waals surface area contributed by atoms with Gasteiger partial charge in [-0.15, -0.1) is 0 Å². The van der Waals surface area contributed by atoms with E-state index in [9.17, 15) is 5.21 Å². The third-order valence-corrected chi connectivity index (χ3v) is 3.05. The summed E-state index contributed by atoms with van der Waals surface area (Å²) in [4.78, 5) is 0. The fourth-order valence-corrected chi connectivity index (χ4v) is 2.07. The Morgan fingerprint density at radius 1 is 0.789 bits per heavy atom. The van der Waals surface area contributed by atoms with Crippen molar-refractivity contribution in [2.24, 2.45) is 0 Å². The van der Waals surface area contributed by atoms with Crippen LogP contribution in [0.15, 0.2) is 66.9 Å². The van der Waals surface area contributed by atoms with Crippen molar-refractivity contribution in [3.63, 3.8) is 0 Å². The smallest absolute Gasteiger partial charge is 0.223 e. The van der Waals surface area contributed by atoms with E-state index in [0.29, 0.717) is 5.52 Å². The Balaban J connectivity index is 1.96. The van der Waals surface area contributed by atoms with Crippen molar-refractivity contribution in [1.82, 2.24) is 0 Å². The summed E-state index contributed by atoms with van der Waals surface area (Å²) in [7, 11) is 0. The number of hydrogen-bond acceptors (Lipinski definition) is 1. The lowest BCUT2D eigenvalue weighted by molar-refractivity contribution is -0.577. The highest BCUT2D eigenvalue weighted by molar-refractivity contribution is 5.81. The van der Waals surface area contributed by atoms with E-state index in [-0.39, 0.29) is 0 Å². The molecule has 0 aliphatic carbocycles. The molecule has 0 N–H and O–H groups in total. The van der Waals surface area contributed by atoms with E-state index in [1.807, 2.05) is 42.5 Å². The van der Waals surface area contributed by atoms with Gasteiger partial charge in [0.05, 0.1) is 0 Å². The number of benzene rings is 2. The minimum Gasteiger partial charge on any atom is -0.618 e. The maximum atomic E-state index is 11.6. The average Bonchev–Trinajstić information content (AvgIpc) is 2.46. The first-order chi connectivity index (χ1) is 9.33. The highest BCUT2D eigenvalue weighted by Gasteiger charge is 2.01. The molecule has 0 saturated carbocycles. The Labute approximate surface area is 111 Å². The second kappa shape index (κ2) is 4.94. The zero-order valence-electron chi connectivity index (χ0n) is 10.4. The van der Waals surface area contributed by atoms with Crippen LogP contribution in [-0.4, -0.2) is 0 Å². The van der Waals surface area contributed by atoms with Crippen LogP contribution in [-0.2, 0) is 0 Å².